The topological polar surface area (TPSA) is 16.1 Å². The van der Waals surface area contributed by atoms with Gasteiger partial charge >= 0.3 is 0 Å². The van der Waals surface area contributed by atoms with Crippen molar-refractivity contribution in [3.8, 4) is 11.1 Å². The van der Waals surface area contributed by atoms with Gasteiger partial charge in [0, 0.05) is 33.0 Å². The first-order valence-electron chi connectivity index (χ1n) is 13.5. The van der Waals surface area contributed by atoms with E-state index < -0.39 is 0 Å². The van der Waals surface area contributed by atoms with Crippen LogP contribution in [0.15, 0.2) is 146 Å². The van der Waals surface area contributed by atoms with Crippen LogP contribution in [0.2, 0.25) is 0 Å². The first-order valence-corrected chi connectivity index (χ1v) is 14.3. The van der Waals surface area contributed by atoms with Gasteiger partial charge in [0.25, 0.3) is 0 Å². The highest BCUT2D eigenvalue weighted by Gasteiger charge is 2.19. The molecule has 0 bridgehead atoms. The Kier molecular flexibility index (Phi) is 5.35. The van der Waals surface area contributed by atoms with Crippen LogP contribution < -0.4 is 4.90 Å². The smallest absolute Gasteiger partial charge is 0.155 e. The van der Waals surface area contributed by atoms with Gasteiger partial charge in [-0.05, 0) is 75.1 Å². The predicted octanol–water partition coefficient (Wildman–Crippen LogP) is 10.9. The quantitative estimate of drug-likeness (QED) is 0.226. The molecule has 0 aliphatic carbocycles. The Balaban J connectivity index is 1.31. The Morgan fingerprint density at radius 3 is 2.00 bits per heavy atom. The summed E-state index contributed by atoms with van der Waals surface area (Å²) in [5.74, 6) is 0.951. The first-order chi connectivity index (χ1) is 19.8. The summed E-state index contributed by atoms with van der Waals surface area (Å²) in [5.41, 5.74) is 4.61. The summed E-state index contributed by atoms with van der Waals surface area (Å²) >= 11 is 1.82. The number of nitrogens with zero attached hydrogens (tertiary/aromatic N) is 2. The third kappa shape index (κ3) is 3.75. The summed E-state index contributed by atoms with van der Waals surface area (Å²) in [7, 11) is 0. The van der Waals surface area contributed by atoms with Crippen LogP contribution in [0.25, 0.3) is 52.8 Å². The van der Waals surface area contributed by atoms with E-state index in [1.165, 1.54) is 52.8 Å². The molecule has 0 radical (unpaired) electrons. The van der Waals surface area contributed by atoms with E-state index in [1.54, 1.807) is 0 Å². The molecule has 2 heterocycles. The molecule has 188 valence electrons. The fourth-order valence-corrected chi connectivity index (χ4v) is 6.98. The SMILES string of the molecule is c1ccc(N(c2ccc(-c3cccc4ccccc34)cc2)c2nccc3c2sc2cc4ccccc4cc23)cc1. The largest absolute Gasteiger partial charge is 0.294 e. The number of rotatable bonds is 4. The van der Waals surface area contributed by atoms with Crippen LogP contribution in [-0.2, 0) is 0 Å². The first kappa shape index (κ1) is 22.9. The zero-order chi connectivity index (χ0) is 26.5. The molecule has 40 heavy (non-hydrogen) atoms. The van der Waals surface area contributed by atoms with E-state index in [2.05, 4.69) is 144 Å². The second kappa shape index (κ2) is 9.33. The molecule has 3 heteroatoms. The van der Waals surface area contributed by atoms with Crippen LogP contribution in [0.1, 0.15) is 0 Å². The van der Waals surface area contributed by atoms with Crippen LogP contribution in [-0.4, -0.2) is 4.98 Å². The number of hydrogen-bond donors (Lipinski definition) is 0. The van der Waals surface area contributed by atoms with Crippen molar-refractivity contribution in [2.45, 2.75) is 0 Å². The van der Waals surface area contributed by atoms with Gasteiger partial charge in [0.2, 0.25) is 0 Å². The molecule has 0 amide bonds. The summed E-state index contributed by atoms with van der Waals surface area (Å²) < 4.78 is 2.47. The fraction of sp³-hybridized carbons (Fsp3) is 0. The van der Waals surface area contributed by atoms with Gasteiger partial charge in [0.05, 0.1) is 4.70 Å². The molecule has 0 aliphatic heterocycles. The number of para-hydroxylation sites is 1. The minimum atomic E-state index is 0.951. The van der Waals surface area contributed by atoms with E-state index in [-0.39, 0.29) is 0 Å². The predicted molar refractivity (Wildman–Crippen MR) is 172 cm³/mol. The lowest BCUT2D eigenvalue weighted by Gasteiger charge is -2.25. The molecule has 8 rings (SSSR count). The molecule has 2 aromatic heterocycles. The molecule has 0 fully saturated rings. The number of hydrogen-bond acceptors (Lipinski definition) is 3. The van der Waals surface area contributed by atoms with Crippen molar-refractivity contribution in [2.75, 3.05) is 4.90 Å². The monoisotopic (exact) mass is 528 g/mol. The Hall–Kier alpha value is -4.99. The van der Waals surface area contributed by atoms with Crippen molar-refractivity contribution in [1.82, 2.24) is 4.98 Å². The highest BCUT2D eigenvalue weighted by molar-refractivity contribution is 7.26. The third-order valence-electron chi connectivity index (χ3n) is 7.69. The van der Waals surface area contributed by atoms with E-state index in [9.17, 15) is 0 Å². The van der Waals surface area contributed by atoms with E-state index in [0.717, 1.165) is 17.2 Å². The molecule has 0 spiro atoms. The van der Waals surface area contributed by atoms with Gasteiger partial charge in [-0.15, -0.1) is 11.3 Å². The summed E-state index contributed by atoms with van der Waals surface area (Å²) in [5, 5.41) is 7.56. The average molecular weight is 529 g/mol. The molecule has 0 saturated heterocycles. The molecular formula is C37H24N2S. The van der Waals surface area contributed by atoms with Crippen molar-refractivity contribution in [2.24, 2.45) is 0 Å². The van der Waals surface area contributed by atoms with Crippen LogP contribution in [0.5, 0.6) is 0 Å². The van der Waals surface area contributed by atoms with Crippen LogP contribution in [0.4, 0.5) is 17.2 Å². The summed E-state index contributed by atoms with van der Waals surface area (Å²) in [4.78, 5) is 7.26. The molecular weight excluding hydrogens is 504 g/mol. The fourth-order valence-electron chi connectivity index (χ4n) is 5.77. The molecule has 0 aliphatic rings. The Morgan fingerprint density at radius 1 is 0.500 bits per heavy atom. The Labute approximate surface area is 236 Å². The molecule has 6 aromatic carbocycles. The van der Waals surface area contributed by atoms with Crippen molar-refractivity contribution in [1.29, 1.82) is 0 Å². The highest BCUT2D eigenvalue weighted by atomic mass is 32.1. The van der Waals surface area contributed by atoms with Gasteiger partial charge in [-0.1, -0.05) is 97.1 Å². The summed E-state index contributed by atoms with van der Waals surface area (Å²) in [6.07, 6.45) is 1.94. The summed E-state index contributed by atoms with van der Waals surface area (Å²) in [6, 6.07) is 49.9. The second-order valence-electron chi connectivity index (χ2n) is 10.1. The van der Waals surface area contributed by atoms with Gasteiger partial charge in [-0.2, -0.15) is 0 Å². The third-order valence-corrected chi connectivity index (χ3v) is 8.85. The Morgan fingerprint density at radius 2 is 1.18 bits per heavy atom. The van der Waals surface area contributed by atoms with Gasteiger partial charge < -0.3 is 0 Å². The number of pyridine rings is 1. The lowest BCUT2D eigenvalue weighted by atomic mass is 9.98. The van der Waals surface area contributed by atoms with Crippen molar-refractivity contribution in [3.05, 3.63) is 146 Å². The van der Waals surface area contributed by atoms with E-state index in [4.69, 9.17) is 4.98 Å². The van der Waals surface area contributed by atoms with Crippen molar-refractivity contribution >= 4 is 70.2 Å². The highest BCUT2D eigenvalue weighted by Crippen LogP contribution is 2.44. The second-order valence-corrected chi connectivity index (χ2v) is 11.1. The van der Waals surface area contributed by atoms with Crippen molar-refractivity contribution in [3.63, 3.8) is 0 Å². The maximum atomic E-state index is 4.98. The molecule has 0 N–H and O–H groups in total. The zero-order valence-corrected chi connectivity index (χ0v) is 22.5. The van der Waals surface area contributed by atoms with Gasteiger partial charge in [-0.3, -0.25) is 4.90 Å². The van der Waals surface area contributed by atoms with E-state index >= 15 is 0 Å². The minimum Gasteiger partial charge on any atom is -0.294 e. The molecule has 0 saturated carbocycles. The molecule has 2 nitrogen and oxygen atoms in total. The summed E-state index contributed by atoms with van der Waals surface area (Å²) in [6.45, 7) is 0. The normalized spacial score (nSPS) is 11.5. The molecule has 0 atom stereocenters. The maximum Gasteiger partial charge on any atom is 0.155 e. The van der Waals surface area contributed by atoms with Gasteiger partial charge in [0.1, 0.15) is 0 Å². The number of thiophene rings is 1. The van der Waals surface area contributed by atoms with E-state index in [1.807, 2.05) is 17.5 Å². The molecule has 8 aromatic rings. The minimum absolute atomic E-state index is 0.951. The van der Waals surface area contributed by atoms with Gasteiger partial charge in [0.15, 0.2) is 5.82 Å². The standard InChI is InChI=1S/C37H24N2S/c1-2-13-29(14-3-1)39(30-19-17-26(18-20-30)32-16-8-12-25-9-6-7-15-31(25)32)37-36-33(21-22-38-37)34-23-27-10-4-5-11-28(27)24-35(34)40-36/h1-24H. The average Bonchev–Trinajstić information content (AvgIpc) is 3.39. The number of aromatic nitrogens is 1. The molecule has 0 unspecified atom stereocenters. The lowest BCUT2D eigenvalue weighted by Crippen LogP contribution is -2.11. The Bertz CT molecular complexity index is 2160. The maximum absolute atomic E-state index is 4.98. The van der Waals surface area contributed by atoms with Crippen LogP contribution >= 0.6 is 11.3 Å². The number of anilines is 3. The van der Waals surface area contributed by atoms with Crippen LogP contribution in [0, 0.1) is 0 Å². The number of fused-ring (bicyclic) bond motifs is 5. The zero-order valence-electron chi connectivity index (χ0n) is 21.7. The van der Waals surface area contributed by atoms with Gasteiger partial charge in [-0.25, -0.2) is 4.98 Å². The van der Waals surface area contributed by atoms with Crippen LogP contribution in [0.3, 0.4) is 0 Å². The van der Waals surface area contributed by atoms with Crippen molar-refractivity contribution < 1.29 is 0 Å². The lowest BCUT2D eigenvalue weighted by molar-refractivity contribution is 1.20. The van der Waals surface area contributed by atoms with E-state index in [0.29, 0.717) is 0 Å². The number of benzene rings is 6.